The van der Waals surface area contributed by atoms with Gasteiger partial charge in [0.25, 0.3) is 0 Å². The van der Waals surface area contributed by atoms with Crippen LogP contribution in [0.1, 0.15) is 34.5 Å². The molecule has 3 rings (SSSR count). The fourth-order valence-electron chi connectivity index (χ4n) is 2.84. The summed E-state index contributed by atoms with van der Waals surface area (Å²) < 4.78 is 0. The van der Waals surface area contributed by atoms with Crippen LogP contribution in [0.15, 0.2) is 30.3 Å². The number of hydrogen-bond donors (Lipinski definition) is 1. The molecule has 22 heavy (non-hydrogen) atoms. The van der Waals surface area contributed by atoms with Crippen LogP contribution in [0.4, 0.5) is 0 Å². The fourth-order valence-corrected chi connectivity index (χ4v) is 3.84. The number of carbonyl (C=O) groups excluding carboxylic acids is 1. The summed E-state index contributed by atoms with van der Waals surface area (Å²) in [6, 6.07) is 9.37. The second-order valence-corrected chi connectivity index (χ2v) is 7.27. The van der Waals surface area contributed by atoms with Crippen molar-refractivity contribution in [3.8, 4) is 0 Å². The van der Waals surface area contributed by atoms with Crippen LogP contribution in [0.2, 0.25) is 0 Å². The van der Waals surface area contributed by atoms with Gasteiger partial charge in [-0.15, -0.1) is 11.3 Å². The zero-order valence-electron chi connectivity index (χ0n) is 12.9. The molecule has 5 heteroatoms. The zero-order chi connectivity index (χ0) is 15.7. The van der Waals surface area contributed by atoms with Gasteiger partial charge in [-0.3, -0.25) is 4.79 Å². The SMILES string of the molecule is Cc1nc2c(s1)CN(C(=O)CC(C)(O)c1ccccc1)CC2. The minimum Gasteiger partial charge on any atom is -0.385 e. The van der Waals surface area contributed by atoms with Gasteiger partial charge in [-0.2, -0.15) is 0 Å². The van der Waals surface area contributed by atoms with E-state index in [1.807, 2.05) is 42.2 Å². The Balaban J connectivity index is 1.70. The van der Waals surface area contributed by atoms with Crippen LogP contribution >= 0.6 is 11.3 Å². The van der Waals surface area contributed by atoms with Crippen LogP contribution in [0.3, 0.4) is 0 Å². The third kappa shape index (κ3) is 3.05. The third-order valence-corrected chi connectivity index (χ3v) is 5.08. The second kappa shape index (κ2) is 5.82. The molecule has 0 fully saturated rings. The highest BCUT2D eigenvalue weighted by molar-refractivity contribution is 7.11. The van der Waals surface area contributed by atoms with E-state index in [9.17, 15) is 9.90 Å². The van der Waals surface area contributed by atoms with Crippen molar-refractivity contribution in [1.82, 2.24) is 9.88 Å². The molecule has 1 aliphatic rings. The monoisotopic (exact) mass is 316 g/mol. The van der Waals surface area contributed by atoms with Crippen LogP contribution in [0.25, 0.3) is 0 Å². The van der Waals surface area contributed by atoms with Crippen LogP contribution in [0.5, 0.6) is 0 Å². The Kier molecular flexibility index (Phi) is 4.02. The molecule has 1 aromatic carbocycles. The lowest BCUT2D eigenvalue weighted by Gasteiger charge is -2.30. The molecule has 0 saturated heterocycles. The van der Waals surface area contributed by atoms with E-state index in [1.54, 1.807) is 18.3 Å². The van der Waals surface area contributed by atoms with Crippen molar-refractivity contribution in [3.05, 3.63) is 51.5 Å². The third-order valence-electron chi connectivity index (χ3n) is 4.08. The van der Waals surface area contributed by atoms with Crippen molar-refractivity contribution < 1.29 is 9.90 Å². The highest BCUT2D eigenvalue weighted by Crippen LogP contribution is 2.28. The Morgan fingerprint density at radius 2 is 2.14 bits per heavy atom. The van der Waals surface area contributed by atoms with Gasteiger partial charge in [0, 0.05) is 17.8 Å². The van der Waals surface area contributed by atoms with Crippen molar-refractivity contribution in [2.24, 2.45) is 0 Å². The maximum Gasteiger partial charge on any atom is 0.226 e. The molecular formula is C17H20N2O2S. The van der Waals surface area contributed by atoms with E-state index >= 15 is 0 Å². The number of thiazole rings is 1. The highest BCUT2D eigenvalue weighted by atomic mass is 32.1. The number of rotatable bonds is 3. The van der Waals surface area contributed by atoms with Crippen molar-refractivity contribution >= 4 is 17.2 Å². The molecule has 0 aliphatic carbocycles. The van der Waals surface area contributed by atoms with Crippen LogP contribution in [-0.4, -0.2) is 27.4 Å². The minimum absolute atomic E-state index is 0.00874. The van der Waals surface area contributed by atoms with E-state index in [-0.39, 0.29) is 12.3 Å². The quantitative estimate of drug-likeness (QED) is 0.947. The second-order valence-electron chi connectivity index (χ2n) is 5.98. The predicted molar refractivity (Wildman–Crippen MR) is 86.6 cm³/mol. The molecule has 1 unspecified atom stereocenters. The van der Waals surface area contributed by atoms with E-state index in [0.717, 1.165) is 22.7 Å². The van der Waals surface area contributed by atoms with Gasteiger partial charge in [0.15, 0.2) is 0 Å². The number of nitrogens with zero attached hydrogens (tertiary/aromatic N) is 2. The Morgan fingerprint density at radius 3 is 2.86 bits per heavy atom. The molecule has 0 bridgehead atoms. The van der Waals surface area contributed by atoms with Gasteiger partial charge in [-0.25, -0.2) is 4.98 Å². The van der Waals surface area contributed by atoms with Crippen LogP contribution in [-0.2, 0) is 23.4 Å². The van der Waals surface area contributed by atoms with Crippen molar-refractivity contribution in [2.75, 3.05) is 6.54 Å². The Bertz CT molecular complexity index is 679. The fraction of sp³-hybridized carbons (Fsp3) is 0.412. The maximum absolute atomic E-state index is 12.6. The Labute approximate surface area is 134 Å². The van der Waals surface area contributed by atoms with E-state index in [4.69, 9.17) is 0 Å². The van der Waals surface area contributed by atoms with E-state index in [2.05, 4.69) is 4.98 Å². The smallest absolute Gasteiger partial charge is 0.226 e. The normalized spacial score (nSPS) is 17.0. The maximum atomic E-state index is 12.6. The predicted octanol–water partition coefficient (Wildman–Crippen LogP) is 2.63. The average Bonchev–Trinajstić information content (AvgIpc) is 2.86. The van der Waals surface area contributed by atoms with Gasteiger partial charge in [0.1, 0.15) is 0 Å². The summed E-state index contributed by atoms with van der Waals surface area (Å²) in [7, 11) is 0. The molecule has 0 radical (unpaired) electrons. The number of amides is 1. The van der Waals surface area contributed by atoms with Gasteiger partial charge >= 0.3 is 0 Å². The van der Waals surface area contributed by atoms with Crippen molar-refractivity contribution in [2.45, 2.75) is 38.8 Å². The average molecular weight is 316 g/mol. The first-order valence-corrected chi connectivity index (χ1v) is 8.28. The van der Waals surface area contributed by atoms with E-state index in [1.165, 1.54) is 4.88 Å². The molecular weight excluding hydrogens is 296 g/mol. The number of hydrogen-bond acceptors (Lipinski definition) is 4. The molecule has 4 nitrogen and oxygen atoms in total. The summed E-state index contributed by atoms with van der Waals surface area (Å²) in [5, 5.41) is 11.7. The Morgan fingerprint density at radius 1 is 1.41 bits per heavy atom. The summed E-state index contributed by atoms with van der Waals surface area (Å²) in [6.07, 6.45) is 0.906. The number of aryl methyl sites for hydroxylation is 1. The number of aliphatic hydroxyl groups is 1. The molecule has 1 amide bonds. The van der Waals surface area contributed by atoms with E-state index in [0.29, 0.717) is 13.1 Å². The standard InChI is InChI=1S/C17H20N2O2S/c1-12-18-14-8-9-19(11-15(14)22-12)16(20)10-17(2,21)13-6-4-3-5-7-13/h3-7,21H,8-11H2,1-2H3. The Hall–Kier alpha value is -1.72. The summed E-state index contributed by atoms with van der Waals surface area (Å²) in [5.74, 6) is -0.00874. The minimum atomic E-state index is -1.14. The summed E-state index contributed by atoms with van der Waals surface area (Å²) >= 11 is 1.66. The molecule has 0 saturated carbocycles. The van der Waals surface area contributed by atoms with Gasteiger partial charge in [-0.1, -0.05) is 30.3 Å². The summed E-state index contributed by atoms with van der Waals surface area (Å²) in [5.41, 5.74) is 0.762. The molecule has 0 spiro atoms. The van der Waals surface area contributed by atoms with Crippen LogP contribution < -0.4 is 0 Å². The molecule has 1 atom stereocenters. The van der Waals surface area contributed by atoms with Gasteiger partial charge in [0.2, 0.25) is 5.91 Å². The van der Waals surface area contributed by atoms with Gasteiger partial charge < -0.3 is 10.0 Å². The summed E-state index contributed by atoms with van der Waals surface area (Å²) in [6.45, 7) is 4.99. The van der Waals surface area contributed by atoms with Crippen molar-refractivity contribution in [1.29, 1.82) is 0 Å². The first kappa shape index (κ1) is 15.2. The zero-order valence-corrected chi connectivity index (χ0v) is 13.7. The molecule has 1 aliphatic heterocycles. The van der Waals surface area contributed by atoms with Crippen LogP contribution in [0, 0.1) is 6.92 Å². The first-order chi connectivity index (χ1) is 10.5. The summed E-state index contributed by atoms with van der Waals surface area (Å²) in [4.78, 5) is 20.1. The molecule has 116 valence electrons. The number of aromatic nitrogens is 1. The number of benzene rings is 1. The lowest BCUT2D eigenvalue weighted by atomic mass is 9.92. The lowest BCUT2D eigenvalue weighted by Crippen LogP contribution is -2.39. The molecule has 1 aromatic heterocycles. The first-order valence-electron chi connectivity index (χ1n) is 7.46. The van der Waals surface area contributed by atoms with Crippen molar-refractivity contribution in [3.63, 3.8) is 0 Å². The molecule has 2 heterocycles. The lowest BCUT2D eigenvalue weighted by molar-refractivity contribution is -0.137. The van der Waals surface area contributed by atoms with Gasteiger partial charge in [0.05, 0.1) is 29.3 Å². The highest BCUT2D eigenvalue weighted by Gasteiger charge is 2.31. The molecule has 1 N–H and O–H groups in total. The topological polar surface area (TPSA) is 53.4 Å². The largest absolute Gasteiger partial charge is 0.385 e. The molecule has 2 aromatic rings. The number of carbonyl (C=O) groups is 1. The number of fused-ring (bicyclic) bond motifs is 1. The van der Waals surface area contributed by atoms with E-state index < -0.39 is 5.60 Å². The van der Waals surface area contributed by atoms with Gasteiger partial charge in [-0.05, 0) is 19.4 Å².